The molecule has 0 radical (unpaired) electrons. The van der Waals surface area contributed by atoms with Crippen LogP contribution in [0.4, 0.5) is 5.82 Å². The lowest BCUT2D eigenvalue weighted by Crippen LogP contribution is -2.62. The predicted molar refractivity (Wildman–Crippen MR) is 88.7 cm³/mol. The fourth-order valence-corrected chi connectivity index (χ4v) is 4.23. The van der Waals surface area contributed by atoms with Crippen LogP contribution in [0.2, 0.25) is 0 Å². The first-order chi connectivity index (χ1) is 11.1. The maximum atomic E-state index is 10.3. The summed E-state index contributed by atoms with van der Waals surface area (Å²) in [6.07, 6.45) is 5.27. The van der Waals surface area contributed by atoms with Crippen molar-refractivity contribution in [2.24, 2.45) is 5.41 Å². The third kappa shape index (κ3) is 2.64. The van der Waals surface area contributed by atoms with Crippen LogP contribution in [0.25, 0.3) is 0 Å². The lowest BCUT2D eigenvalue weighted by molar-refractivity contribution is -0.199. The van der Waals surface area contributed by atoms with E-state index in [-0.39, 0.29) is 17.6 Å². The fourth-order valence-electron chi connectivity index (χ4n) is 4.23. The number of hydrogen-bond donors (Lipinski definition) is 1. The van der Waals surface area contributed by atoms with Gasteiger partial charge in [-0.05, 0) is 39.5 Å². The highest BCUT2D eigenvalue weighted by atomic mass is 16.5. The summed E-state index contributed by atoms with van der Waals surface area (Å²) in [5, 5.41) is 10.3. The second kappa shape index (κ2) is 5.71. The van der Waals surface area contributed by atoms with E-state index in [1.807, 2.05) is 6.92 Å². The Bertz CT molecular complexity index is 578. The molecule has 2 heterocycles. The van der Waals surface area contributed by atoms with Crippen LogP contribution in [0.3, 0.4) is 0 Å². The van der Waals surface area contributed by atoms with Gasteiger partial charge in [-0.3, -0.25) is 0 Å². The minimum Gasteiger partial charge on any atom is -0.392 e. The monoisotopic (exact) mass is 317 g/mol. The van der Waals surface area contributed by atoms with Gasteiger partial charge in [0.05, 0.1) is 12.2 Å². The number of aromatic nitrogens is 2. The van der Waals surface area contributed by atoms with E-state index in [1.54, 1.807) is 0 Å². The first kappa shape index (κ1) is 15.3. The topological polar surface area (TPSA) is 58.5 Å². The third-order valence-electron chi connectivity index (χ3n) is 5.93. The van der Waals surface area contributed by atoms with Crippen LogP contribution in [0.5, 0.6) is 0 Å². The Labute approximate surface area is 138 Å². The zero-order valence-corrected chi connectivity index (χ0v) is 14.2. The van der Waals surface area contributed by atoms with Crippen molar-refractivity contribution >= 4 is 5.82 Å². The number of nitrogens with zero attached hydrogens (tertiary/aromatic N) is 3. The van der Waals surface area contributed by atoms with Crippen molar-refractivity contribution in [3.05, 3.63) is 17.6 Å². The van der Waals surface area contributed by atoms with Gasteiger partial charge >= 0.3 is 0 Å². The third-order valence-corrected chi connectivity index (χ3v) is 5.93. The van der Waals surface area contributed by atoms with Crippen molar-refractivity contribution in [2.45, 2.75) is 64.1 Å². The summed E-state index contributed by atoms with van der Waals surface area (Å²) in [5.41, 5.74) is 1.04. The van der Waals surface area contributed by atoms with Gasteiger partial charge in [-0.15, -0.1) is 0 Å². The summed E-state index contributed by atoms with van der Waals surface area (Å²) in [6, 6.07) is 2.10. The number of anilines is 1. The van der Waals surface area contributed by atoms with Crippen LogP contribution in [0, 0.1) is 12.3 Å². The molecule has 1 aliphatic heterocycles. The number of rotatable bonds is 4. The van der Waals surface area contributed by atoms with Crippen LogP contribution in [0.1, 0.15) is 56.5 Å². The molecule has 2 unspecified atom stereocenters. The van der Waals surface area contributed by atoms with E-state index in [1.165, 1.54) is 12.8 Å². The number of aliphatic hydroxyl groups excluding tert-OH is 1. The Balaban J connectivity index is 1.47. The predicted octanol–water partition coefficient (Wildman–Crippen LogP) is 2.42. The highest BCUT2D eigenvalue weighted by molar-refractivity contribution is 5.41. The van der Waals surface area contributed by atoms with Gasteiger partial charge < -0.3 is 14.7 Å². The van der Waals surface area contributed by atoms with Crippen molar-refractivity contribution < 1.29 is 9.84 Å². The molecular formula is C18H27N3O2. The van der Waals surface area contributed by atoms with Crippen LogP contribution in [-0.2, 0) is 4.74 Å². The molecule has 2 atom stereocenters. The smallest absolute Gasteiger partial charge is 0.134 e. The molecule has 2 aliphatic carbocycles. The molecule has 0 amide bonds. The second-order valence-corrected chi connectivity index (χ2v) is 7.42. The fraction of sp³-hybridized carbons (Fsp3) is 0.778. The van der Waals surface area contributed by atoms with Crippen LogP contribution in [0.15, 0.2) is 6.07 Å². The zero-order chi connectivity index (χ0) is 16.0. The molecule has 1 saturated heterocycles. The Morgan fingerprint density at radius 3 is 2.65 bits per heavy atom. The molecular weight excluding hydrogens is 290 g/mol. The number of aryl methyl sites for hydroxylation is 1. The highest BCUT2D eigenvalue weighted by Crippen LogP contribution is 2.51. The summed E-state index contributed by atoms with van der Waals surface area (Å²) in [6.45, 7) is 6.72. The minimum atomic E-state index is -0.199. The van der Waals surface area contributed by atoms with Crippen molar-refractivity contribution in [1.82, 2.24) is 9.97 Å². The summed E-state index contributed by atoms with van der Waals surface area (Å²) >= 11 is 0. The summed E-state index contributed by atoms with van der Waals surface area (Å²) < 4.78 is 5.86. The number of ether oxygens (including phenoxy) is 1. The minimum absolute atomic E-state index is 0.0199. The van der Waals surface area contributed by atoms with Gasteiger partial charge in [0.25, 0.3) is 0 Å². The number of hydrogen-bond acceptors (Lipinski definition) is 5. The zero-order valence-electron chi connectivity index (χ0n) is 14.2. The molecule has 5 nitrogen and oxygen atoms in total. The van der Waals surface area contributed by atoms with Crippen LogP contribution < -0.4 is 4.90 Å². The van der Waals surface area contributed by atoms with Gasteiger partial charge in [0.2, 0.25) is 0 Å². The molecule has 126 valence electrons. The highest BCUT2D eigenvalue weighted by Gasteiger charge is 2.56. The number of piperidine rings is 1. The Morgan fingerprint density at radius 1 is 1.30 bits per heavy atom. The van der Waals surface area contributed by atoms with E-state index in [0.717, 1.165) is 56.3 Å². The lowest BCUT2D eigenvalue weighted by Gasteiger charge is -2.56. The molecule has 3 fully saturated rings. The van der Waals surface area contributed by atoms with Gasteiger partial charge in [-0.2, -0.15) is 0 Å². The molecule has 0 bridgehead atoms. The van der Waals surface area contributed by atoms with Crippen molar-refractivity contribution in [3.63, 3.8) is 0 Å². The first-order valence-corrected chi connectivity index (χ1v) is 9.02. The molecule has 4 rings (SSSR count). The van der Waals surface area contributed by atoms with E-state index in [0.29, 0.717) is 5.92 Å². The average molecular weight is 317 g/mol. The molecule has 1 aromatic heterocycles. The summed E-state index contributed by atoms with van der Waals surface area (Å²) in [4.78, 5) is 11.8. The standard InChI is InChI=1S/C18H27N3O2/c1-3-23-15-11-14(22)18(15)6-8-21(9-7-18)16-10-12(2)19-17(20-16)13-4-5-13/h10,13-15,22H,3-9,11H2,1-2H3. The van der Waals surface area contributed by atoms with E-state index < -0.39 is 0 Å². The van der Waals surface area contributed by atoms with E-state index in [4.69, 9.17) is 9.72 Å². The molecule has 2 saturated carbocycles. The maximum absolute atomic E-state index is 10.3. The Morgan fingerprint density at radius 2 is 2.04 bits per heavy atom. The van der Waals surface area contributed by atoms with Gasteiger partial charge in [0, 0.05) is 49.2 Å². The number of aliphatic hydroxyl groups is 1. The van der Waals surface area contributed by atoms with Gasteiger partial charge in [0.15, 0.2) is 0 Å². The summed E-state index contributed by atoms with van der Waals surface area (Å²) in [7, 11) is 0. The largest absolute Gasteiger partial charge is 0.392 e. The molecule has 1 spiro atoms. The van der Waals surface area contributed by atoms with Crippen molar-refractivity contribution in [1.29, 1.82) is 0 Å². The first-order valence-electron chi connectivity index (χ1n) is 9.02. The SMILES string of the molecule is CCOC1CC(O)C12CCN(c1cc(C)nc(C3CC3)n1)CC2. The molecule has 23 heavy (non-hydrogen) atoms. The van der Waals surface area contributed by atoms with Gasteiger partial charge in [-0.1, -0.05) is 0 Å². The van der Waals surface area contributed by atoms with E-state index in [9.17, 15) is 5.11 Å². The average Bonchev–Trinajstić information content (AvgIpc) is 3.39. The van der Waals surface area contributed by atoms with Crippen LogP contribution >= 0.6 is 0 Å². The Hall–Kier alpha value is -1.20. The van der Waals surface area contributed by atoms with E-state index in [2.05, 4.69) is 22.9 Å². The van der Waals surface area contributed by atoms with Crippen molar-refractivity contribution in [3.8, 4) is 0 Å². The summed E-state index contributed by atoms with van der Waals surface area (Å²) in [5.74, 6) is 2.67. The second-order valence-electron chi connectivity index (χ2n) is 7.42. The molecule has 3 aliphatic rings. The van der Waals surface area contributed by atoms with E-state index >= 15 is 0 Å². The Kier molecular flexibility index (Phi) is 3.81. The van der Waals surface area contributed by atoms with Gasteiger partial charge in [-0.25, -0.2) is 9.97 Å². The lowest BCUT2D eigenvalue weighted by atomic mass is 9.58. The van der Waals surface area contributed by atoms with Crippen molar-refractivity contribution in [2.75, 3.05) is 24.6 Å². The molecule has 0 aromatic carbocycles. The molecule has 1 N–H and O–H groups in total. The normalized spacial score (nSPS) is 29.6. The van der Waals surface area contributed by atoms with Gasteiger partial charge in [0.1, 0.15) is 11.6 Å². The molecule has 5 heteroatoms. The maximum Gasteiger partial charge on any atom is 0.134 e. The quantitative estimate of drug-likeness (QED) is 0.924. The molecule has 1 aromatic rings. The van der Waals surface area contributed by atoms with Crippen LogP contribution in [-0.4, -0.2) is 47.0 Å².